The number of hydrogen-bond acceptors (Lipinski definition) is 4. The number of benzene rings is 1. The molecule has 1 atom stereocenters. The smallest absolute Gasteiger partial charge is 0.387 e. The molecule has 0 amide bonds. The molecule has 0 aliphatic carbocycles. The lowest BCUT2D eigenvalue weighted by Gasteiger charge is -2.14. The van der Waals surface area contributed by atoms with Crippen molar-refractivity contribution in [3.63, 3.8) is 0 Å². The van der Waals surface area contributed by atoms with Gasteiger partial charge in [-0.1, -0.05) is 12.1 Å². The number of halogens is 2. The summed E-state index contributed by atoms with van der Waals surface area (Å²) >= 11 is 0. The zero-order valence-corrected chi connectivity index (χ0v) is 12.2. The van der Waals surface area contributed by atoms with Crippen molar-refractivity contribution in [1.82, 2.24) is 15.1 Å². The average Bonchev–Trinajstić information content (AvgIpc) is 2.94. The fourth-order valence-electron chi connectivity index (χ4n) is 2.15. The molecule has 0 spiro atoms. The molecule has 0 fully saturated rings. The number of aliphatic hydroxyl groups excluding tert-OH is 1. The summed E-state index contributed by atoms with van der Waals surface area (Å²) in [6.07, 6.45) is 0.918. The van der Waals surface area contributed by atoms with E-state index in [4.69, 9.17) is 0 Å². The molecule has 22 heavy (non-hydrogen) atoms. The number of nitrogens with one attached hydrogen (secondary N) is 1. The van der Waals surface area contributed by atoms with Crippen molar-refractivity contribution >= 4 is 0 Å². The first kappa shape index (κ1) is 16.4. The van der Waals surface area contributed by atoms with Gasteiger partial charge in [0.1, 0.15) is 5.75 Å². The second-order valence-electron chi connectivity index (χ2n) is 4.74. The topological polar surface area (TPSA) is 59.3 Å². The van der Waals surface area contributed by atoms with Crippen LogP contribution in [0.25, 0.3) is 0 Å². The minimum atomic E-state index is -2.88. The predicted molar refractivity (Wildman–Crippen MR) is 77.6 cm³/mol. The highest BCUT2D eigenvalue weighted by atomic mass is 19.3. The van der Waals surface area contributed by atoms with Gasteiger partial charge in [0.2, 0.25) is 0 Å². The quantitative estimate of drug-likeness (QED) is 0.785. The molecule has 1 unspecified atom stereocenters. The molecule has 2 N–H and O–H groups in total. The van der Waals surface area contributed by atoms with Gasteiger partial charge >= 0.3 is 6.61 Å². The minimum Gasteiger partial charge on any atom is -0.435 e. The molecular weight excluding hydrogens is 292 g/mol. The van der Waals surface area contributed by atoms with Gasteiger partial charge in [-0.3, -0.25) is 4.68 Å². The first-order valence-corrected chi connectivity index (χ1v) is 7.04. The number of nitrogens with zero attached hydrogens (tertiary/aromatic N) is 2. The average molecular weight is 311 g/mol. The monoisotopic (exact) mass is 311 g/mol. The molecule has 0 saturated carbocycles. The minimum absolute atomic E-state index is 0.0376. The Morgan fingerprint density at radius 1 is 1.36 bits per heavy atom. The molecule has 0 radical (unpaired) electrons. The zero-order chi connectivity index (χ0) is 15.9. The number of ether oxygens (including phenoxy) is 1. The maximum Gasteiger partial charge on any atom is 0.387 e. The first-order valence-electron chi connectivity index (χ1n) is 7.04. The van der Waals surface area contributed by atoms with E-state index >= 15 is 0 Å². The van der Waals surface area contributed by atoms with Gasteiger partial charge in [-0.15, -0.1) is 0 Å². The molecule has 0 saturated heterocycles. The molecule has 5 nitrogen and oxygen atoms in total. The summed E-state index contributed by atoms with van der Waals surface area (Å²) in [5, 5.41) is 17.4. The van der Waals surface area contributed by atoms with E-state index in [0.717, 1.165) is 12.2 Å². The van der Waals surface area contributed by atoms with Gasteiger partial charge in [-0.25, -0.2) is 0 Å². The van der Waals surface area contributed by atoms with Crippen molar-refractivity contribution < 1.29 is 18.6 Å². The number of rotatable bonds is 8. The van der Waals surface area contributed by atoms with Crippen LogP contribution in [0.5, 0.6) is 5.75 Å². The first-order chi connectivity index (χ1) is 10.6. The molecule has 7 heteroatoms. The Kier molecular flexibility index (Phi) is 5.85. The van der Waals surface area contributed by atoms with Gasteiger partial charge < -0.3 is 15.2 Å². The van der Waals surface area contributed by atoms with E-state index in [2.05, 4.69) is 15.2 Å². The molecule has 0 aliphatic heterocycles. The Morgan fingerprint density at radius 3 is 2.91 bits per heavy atom. The fourth-order valence-corrected chi connectivity index (χ4v) is 2.15. The lowest BCUT2D eigenvalue weighted by atomic mass is 10.1. The molecule has 120 valence electrons. The Labute approximate surface area is 127 Å². The number of aromatic nitrogens is 2. The van der Waals surface area contributed by atoms with Crippen LogP contribution < -0.4 is 10.1 Å². The largest absolute Gasteiger partial charge is 0.435 e. The lowest BCUT2D eigenvalue weighted by molar-refractivity contribution is -0.0499. The Hall–Kier alpha value is -1.99. The molecule has 1 aromatic carbocycles. The lowest BCUT2D eigenvalue weighted by Crippen LogP contribution is -2.22. The van der Waals surface area contributed by atoms with Gasteiger partial charge in [0.05, 0.1) is 11.8 Å². The summed E-state index contributed by atoms with van der Waals surface area (Å²) in [5.41, 5.74) is 1.54. The summed E-state index contributed by atoms with van der Waals surface area (Å²) in [4.78, 5) is 0. The van der Waals surface area contributed by atoms with E-state index in [9.17, 15) is 13.9 Å². The second-order valence-corrected chi connectivity index (χ2v) is 4.74. The third-order valence-electron chi connectivity index (χ3n) is 3.22. The molecule has 0 aliphatic rings. The van der Waals surface area contributed by atoms with Crippen molar-refractivity contribution in [2.75, 3.05) is 6.54 Å². The Bertz CT molecular complexity index is 590. The number of aryl methyl sites for hydroxylation is 1. The van der Waals surface area contributed by atoms with E-state index in [1.807, 2.05) is 17.7 Å². The van der Waals surface area contributed by atoms with Crippen LogP contribution in [0.3, 0.4) is 0 Å². The van der Waals surface area contributed by atoms with E-state index in [1.165, 1.54) is 12.1 Å². The van der Waals surface area contributed by atoms with Crippen LogP contribution in [-0.4, -0.2) is 28.0 Å². The highest BCUT2D eigenvalue weighted by Crippen LogP contribution is 2.20. The fraction of sp³-hybridized carbons (Fsp3) is 0.400. The van der Waals surface area contributed by atoms with E-state index in [1.54, 1.807) is 18.3 Å². The van der Waals surface area contributed by atoms with Crippen LogP contribution in [0.2, 0.25) is 0 Å². The van der Waals surface area contributed by atoms with Crippen LogP contribution >= 0.6 is 0 Å². The number of hydrogen-bond donors (Lipinski definition) is 2. The van der Waals surface area contributed by atoms with E-state index in [-0.39, 0.29) is 5.75 Å². The van der Waals surface area contributed by atoms with Gasteiger partial charge in [0.15, 0.2) is 0 Å². The number of aliphatic hydroxyl groups is 1. The van der Waals surface area contributed by atoms with Crippen LogP contribution in [0.15, 0.2) is 36.5 Å². The molecule has 1 aromatic heterocycles. The molecule has 2 aromatic rings. The standard InChI is InChI=1S/C15H19F2N3O2/c1-2-20-12(6-7-19-20)9-18-10-14(21)11-4-3-5-13(8-11)22-15(16)17/h3-8,14-15,18,21H,2,9-10H2,1H3. The maximum atomic E-state index is 12.2. The van der Waals surface area contributed by atoms with Crippen LogP contribution in [0.1, 0.15) is 24.3 Å². The normalized spacial score (nSPS) is 12.6. The van der Waals surface area contributed by atoms with Crippen molar-refractivity contribution in [3.8, 4) is 5.75 Å². The van der Waals surface area contributed by atoms with Gasteiger partial charge in [-0.05, 0) is 30.7 Å². The summed E-state index contributed by atoms with van der Waals surface area (Å²) < 4.78 is 30.5. The molecule has 2 rings (SSSR count). The van der Waals surface area contributed by atoms with E-state index in [0.29, 0.717) is 18.7 Å². The zero-order valence-electron chi connectivity index (χ0n) is 12.2. The van der Waals surface area contributed by atoms with Crippen molar-refractivity contribution in [2.45, 2.75) is 32.7 Å². The number of alkyl halides is 2. The van der Waals surface area contributed by atoms with Gasteiger partial charge in [-0.2, -0.15) is 13.9 Å². The van der Waals surface area contributed by atoms with Crippen LogP contribution in [0.4, 0.5) is 8.78 Å². The highest BCUT2D eigenvalue weighted by Gasteiger charge is 2.11. The summed E-state index contributed by atoms with van der Waals surface area (Å²) in [6, 6.07) is 7.98. The Morgan fingerprint density at radius 2 is 2.18 bits per heavy atom. The highest BCUT2D eigenvalue weighted by molar-refractivity contribution is 5.30. The summed E-state index contributed by atoms with van der Waals surface area (Å²) in [5.74, 6) is 0.0376. The summed E-state index contributed by atoms with van der Waals surface area (Å²) in [7, 11) is 0. The SMILES string of the molecule is CCn1nccc1CNCC(O)c1cccc(OC(F)F)c1. The third kappa shape index (κ3) is 4.51. The summed E-state index contributed by atoms with van der Waals surface area (Å²) in [6.45, 7) is 0.768. The van der Waals surface area contributed by atoms with Crippen LogP contribution in [-0.2, 0) is 13.1 Å². The van der Waals surface area contributed by atoms with Crippen LogP contribution in [0, 0.1) is 0 Å². The third-order valence-corrected chi connectivity index (χ3v) is 3.22. The van der Waals surface area contributed by atoms with Crippen molar-refractivity contribution in [1.29, 1.82) is 0 Å². The Balaban J connectivity index is 1.88. The maximum absolute atomic E-state index is 12.2. The predicted octanol–water partition coefficient (Wildman–Crippen LogP) is 2.33. The van der Waals surface area contributed by atoms with Gasteiger partial charge in [0, 0.05) is 25.8 Å². The molecular formula is C15H19F2N3O2. The van der Waals surface area contributed by atoms with E-state index < -0.39 is 12.7 Å². The molecule has 0 bridgehead atoms. The van der Waals surface area contributed by atoms with Crippen molar-refractivity contribution in [2.24, 2.45) is 0 Å². The van der Waals surface area contributed by atoms with Gasteiger partial charge in [0.25, 0.3) is 0 Å². The second kappa shape index (κ2) is 7.86. The van der Waals surface area contributed by atoms with Crippen molar-refractivity contribution in [3.05, 3.63) is 47.8 Å². The molecule has 1 heterocycles.